The van der Waals surface area contributed by atoms with E-state index in [0.717, 1.165) is 9.37 Å². The Morgan fingerprint density at radius 2 is 1.61 bits per heavy atom. The lowest BCUT2D eigenvalue weighted by molar-refractivity contribution is -0.126. The van der Waals surface area contributed by atoms with Crippen molar-refractivity contribution in [1.29, 1.82) is 0 Å². The van der Waals surface area contributed by atoms with Crippen LogP contribution < -0.4 is 9.96 Å². The van der Waals surface area contributed by atoms with Crippen molar-refractivity contribution in [2.24, 2.45) is 5.92 Å². The van der Waals surface area contributed by atoms with Crippen LogP contribution >= 0.6 is 27.5 Å². The number of imide groups is 1. The molecule has 3 aromatic rings. The molecule has 2 heterocycles. The SMILES string of the molecule is O=C1[C@@H]2[C@@H](c3cc(Br)ccc3O)N(c3ccccc3)O[C@H]2C(=O)N1c1ccc(Cl)cc1. The highest BCUT2D eigenvalue weighted by Crippen LogP contribution is 2.49. The third-order valence-corrected chi connectivity index (χ3v) is 6.26. The van der Waals surface area contributed by atoms with Crippen molar-refractivity contribution in [2.75, 3.05) is 9.96 Å². The van der Waals surface area contributed by atoms with Gasteiger partial charge in [-0.15, -0.1) is 0 Å². The molecule has 0 bridgehead atoms. The van der Waals surface area contributed by atoms with Crippen LogP contribution in [0.4, 0.5) is 11.4 Å². The number of halogens is 2. The van der Waals surface area contributed by atoms with E-state index in [1.807, 2.05) is 30.3 Å². The third kappa shape index (κ3) is 3.29. The van der Waals surface area contributed by atoms with Gasteiger partial charge in [-0.05, 0) is 54.6 Å². The Morgan fingerprint density at radius 1 is 0.903 bits per heavy atom. The number of anilines is 2. The van der Waals surface area contributed by atoms with Gasteiger partial charge < -0.3 is 5.11 Å². The summed E-state index contributed by atoms with van der Waals surface area (Å²) in [6.45, 7) is 0. The highest BCUT2D eigenvalue weighted by molar-refractivity contribution is 9.10. The summed E-state index contributed by atoms with van der Waals surface area (Å²) in [6, 6.07) is 20.0. The zero-order chi connectivity index (χ0) is 21.7. The molecule has 0 unspecified atom stereocenters. The number of hydroxylamine groups is 1. The minimum absolute atomic E-state index is 0.0172. The topological polar surface area (TPSA) is 70.1 Å². The number of carbonyl (C=O) groups is 2. The summed E-state index contributed by atoms with van der Waals surface area (Å²) in [7, 11) is 0. The minimum Gasteiger partial charge on any atom is -0.508 e. The second-order valence-electron chi connectivity index (χ2n) is 7.35. The molecule has 0 spiro atoms. The third-order valence-electron chi connectivity index (χ3n) is 5.52. The maximum atomic E-state index is 13.5. The number of aromatic hydroxyl groups is 1. The van der Waals surface area contributed by atoms with Crippen LogP contribution in [0.15, 0.2) is 77.3 Å². The predicted molar refractivity (Wildman–Crippen MR) is 120 cm³/mol. The molecule has 5 rings (SSSR count). The number of hydrogen-bond acceptors (Lipinski definition) is 5. The summed E-state index contributed by atoms with van der Waals surface area (Å²) in [6.07, 6.45) is -1.01. The highest BCUT2D eigenvalue weighted by atomic mass is 79.9. The first kappa shape index (κ1) is 20.1. The Kier molecular flexibility index (Phi) is 4.97. The molecule has 0 saturated carbocycles. The number of carbonyl (C=O) groups excluding carboxylic acids is 2. The molecule has 3 atom stereocenters. The van der Waals surface area contributed by atoms with Crippen molar-refractivity contribution in [3.8, 4) is 5.75 Å². The van der Waals surface area contributed by atoms with Gasteiger partial charge in [-0.1, -0.05) is 45.7 Å². The van der Waals surface area contributed by atoms with Crippen LogP contribution in [-0.4, -0.2) is 23.0 Å². The molecule has 3 aromatic carbocycles. The number of rotatable bonds is 3. The molecule has 2 saturated heterocycles. The zero-order valence-corrected chi connectivity index (χ0v) is 18.3. The molecule has 8 heteroatoms. The number of phenols is 1. The molecule has 2 fully saturated rings. The number of fused-ring (bicyclic) bond motifs is 1. The fourth-order valence-corrected chi connectivity index (χ4v) is 4.64. The maximum Gasteiger partial charge on any atom is 0.266 e. The summed E-state index contributed by atoms with van der Waals surface area (Å²) in [4.78, 5) is 33.9. The van der Waals surface area contributed by atoms with E-state index >= 15 is 0 Å². The first-order valence-corrected chi connectivity index (χ1v) is 10.8. The summed E-state index contributed by atoms with van der Waals surface area (Å²) >= 11 is 9.39. The van der Waals surface area contributed by atoms with Gasteiger partial charge in [0.1, 0.15) is 11.7 Å². The average Bonchev–Trinajstić information content (AvgIpc) is 3.28. The summed E-state index contributed by atoms with van der Waals surface area (Å²) in [5, 5.41) is 12.7. The van der Waals surface area contributed by atoms with Gasteiger partial charge in [-0.3, -0.25) is 14.4 Å². The van der Waals surface area contributed by atoms with Gasteiger partial charge in [0.25, 0.3) is 5.91 Å². The summed E-state index contributed by atoms with van der Waals surface area (Å²) in [5.41, 5.74) is 1.60. The normalized spacial score (nSPS) is 22.8. The Bertz CT molecular complexity index is 1170. The average molecular weight is 500 g/mol. The number of nitrogens with zero attached hydrogens (tertiary/aromatic N) is 2. The molecule has 6 nitrogen and oxygen atoms in total. The van der Waals surface area contributed by atoms with Gasteiger partial charge in [-0.2, -0.15) is 0 Å². The van der Waals surface area contributed by atoms with E-state index in [1.165, 1.54) is 0 Å². The molecule has 0 aliphatic carbocycles. The number of para-hydroxylation sites is 1. The van der Waals surface area contributed by atoms with E-state index < -0.39 is 24.0 Å². The summed E-state index contributed by atoms with van der Waals surface area (Å²) < 4.78 is 0.739. The standard InChI is InChI=1S/C23H16BrClN2O4/c24-13-6-11-18(28)17(12-13)20-19-21(31-27(20)16-4-2-1-3-5-16)23(30)26(22(19)29)15-9-7-14(25)8-10-15/h1-12,19-21,28H/t19-,20-,21-/m1/s1. The van der Waals surface area contributed by atoms with Gasteiger partial charge in [0.2, 0.25) is 5.91 Å². The summed E-state index contributed by atoms with van der Waals surface area (Å²) in [5.74, 6) is -1.65. The first-order valence-electron chi connectivity index (χ1n) is 9.58. The molecule has 0 aromatic heterocycles. The van der Waals surface area contributed by atoms with E-state index in [0.29, 0.717) is 22.0 Å². The number of benzene rings is 3. The van der Waals surface area contributed by atoms with E-state index in [9.17, 15) is 14.7 Å². The molecule has 1 N–H and O–H groups in total. The van der Waals surface area contributed by atoms with Crippen molar-refractivity contribution in [3.05, 3.63) is 87.9 Å². The van der Waals surface area contributed by atoms with E-state index in [1.54, 1.807) is 47.5 Å². The van der Waals surface area contributed by atoms with Gasteiger partial charge in [0, 0.05) is 15.1 Å². The lowest BCUT2D eigenvalue weighted by Crippen LogP contribution is -2.37. The van der Waals surface area contributed by atoms with Crippen LogP contribution in [-0.2, 0) is 14.4 Å². The van der Waals surface area contributed by atoms with Crippen molar-refractivity contribution in [3.63, 3.8) is 0 Å². The van der Waals surface area contributed by atoms with Crippen molar-refractivity contribution >= 4 is 50.7 Å². The number of amides is 2. The van der Waals surface area contributed by atoms with Crippen LogP contribution in [0.1, 0.15) is 11.6 Å². The van der Waals surface area contributed by atoms with Gasteiger partial charge >= 0.3 is 0 Å². The van der Waals surface area contributed by atoms with Crippen molar-refractivity contribution in [2.45, 2.75) is 12.1 Å². The molecule has 31 heavy (non-hydrogen) atoms. The van der Waals surface area contributed by atoms with E-state index in [-0.39, 0.29) is 11.7 Å². The lowest BCUT2D eigenvalue weighted by Gasteiger charge is -2.29. The number of hydrogen-bond donors (Lipinski definition) is 1. The second kappa shape index (κ2) is 7.67. The molecule has 2 aliphatic rings. The fraction of sp³-hybridized carbons (Fsp3) is 0.130. The number of phenolic OH excluding ortho intramolecular Hbond substituents is 1. The maximum absolute atomic E-state index is 13.5. The lowest BCUT2D eigenvalue weighted by atomic mass is 9.90. The van der Waals surface area contributed by atoms with Crippen LogP contribution in [0, 0.1) is 5.92 Å². The predicted octanol–water partition coefficient (Wildman–Crippen LogP) is 4.86. The Labute approximate surface area is 191 Å². The second-order valence-corrected chi connectivity index (χ2v) is 8.70. The van der Waals surface area contributed by atoms with Crippen LogP contribution in [0.3, 0.4) is 0 Å². The minimum atomic E-state index is -1.01. The van der Waals surface area contributed by atoms with Crippen molar-refractivity contribution < 1.29 is 19.5 Å². The smallest absolute Gasteiger partial charge is 0.266 e. The van der Waals surface area contributed by atoms with Gasteiger partial charge in [0.15, 0.2) is 6.10 Å². The Hall–Kier alpha value is -2.87. The first-order chi connectivity index (χ1) is 15.0. The molecule has 2 aliphatic heterocycles. The zero-order valence-electron chi connectivity index (χ0n) is 16.0. The monoisotopic (exact) mass is 498 g/mol. The van der Waals surface area contributed by atoms with Crippen molar-refractivity contribution in [1.82, 2.24) is 0 Å². The molecular formula is C23H16BrClN2O4. The highest BCUT2D eigenvalue weighted by Gasteiger charge is 2.60. The molecular weight excluding hydrogens is 484 g/mol. The molecule has 0 radical (unpaired) electrons. The van der Waals surface area contributed by atoms with E-state index in [2.05, 4.69) is 15.9 Å². The molecule has 2 amide bonds. The van der Waals surface area contributed by atoms with E-state index in [4.69, 9.17) is 16.4 Å². The quantitative estimate of drug-likeness (QED) is 0.521. The van der Waals surface area contributed by atoms with Gasteiger partial charge in [-0.25, -0.2) is 9.96 Å². The Morgan fingerprint density at radius 3 is 2.32 bits per heavy atom. The molecule has 156 valence electrons. The van der Waals surface area contributed by atoms with Gasteiger partial charge in [0.05, 0.1) is 17.4 Å². The largest absolute Gasteiger partial charge is 0.508 e. The van der Waals surface area contributed by atoms with Crippen LogP contribution in [0.2, 0.25) is 5.02 Å². The van der Waals surface area contributed by atoms with Crippen LogP contribution in [0.25, 0.3) is 0 Å². The Balaban J connectivity index is 1.62. The van der Waals surface area contributed by atoms with Crippen LogP contribution in [0.5, 0.6) is 5.75 Å². The fourth-order valence-electron chi connectivity index (χ4n) is 4.14.